The van der Waals surface area contributed by atoms with E-state index >= 15 is 0 Å². The predicted octanol–water partition coefficient (Wildman–Crippen LogP) is 1.04. The number of aryl methyl sites for hydroxylation is 1. The molecule has 1 heterocycles. The highest BCUT2D eigenvalue weighted by atomic mass is 16.6. The Labute approximate surface area is 111 Å². The third-order valence-electron chi connectivity index (χ3n) is 2.75. The summed E-state index contributed by atoms with van der Waals surface area (Å²) in [6, 6.07) is 0.138. The van der Waals surface area contributed by atoms with Crippen molar-refractivity contribution in [3.05, 3.63) is 16.4 Å². The standard InChI is InChI=1S/C11H19N5O3/c1-4-8(2)14-9(17)5-6-12-10-11(16(18)19)13-7-15(10)3/h7-8,12H,4-6H2,1-3H3,(H,14,17). The van der Waals surface area contributed by atoms with Gasteiger partial charge in [0.05, 0.1) is 0 Å². The SMILES string of the molecule is CCC(C)NC(=O)CCNc1c([N+](=O)[O-])ncn1C. The van der Waals surface area contributed by atoms with Crippen LogP contribution in [0, 0.1) is 10.1 Å². The minimum Gasteiger partial charge on any atom is -0.364 e. The summed E-state index contributed by atoms with van der Waals surface area (Å²) in [6.07, 6.45) is 2.48. The van der Waals surface area contributed by atoms with Gasteiger partial charge in [0.2, 0.25) is 18.1 Å². The van der Waals surface area contributed by atoms with Crippen LogP contribution in [0.4, 0.5) is 11.6 Å². The Balaban J connectivity index is 2.47. The van der Waals surface area contributed by atoms with Crippen LogP contribution in [0.5, 0.6) is 0 Å². The van der Waals surface area contributed by atoms with Crippen LogP contribution in [0.2, 0.25) is 0 Å². The van der Waals surface area contributed by atoms with Crippen molar-refractivity contribution in [1.29, 1.82) is 0 Å². The second-order valence-electron chi connectivity index (χ2n) is 4.34. The predicted molar refractivity (Wildman–Crippen MR) is 70.9 cm³/mol. The fourth-order valence-electron chi connectivity index (χ4n) is 1.50. The molecule has 0 radical (unpaired) electrons. The van der Waals surface area contributed by atoms with Crippen molar-refractivity contribution >= 4 is 17.5 Å². The van der Waals surface area contributed by atoms with E-state index in [-0.39, 0.29) is 24.2 Å². The maximum Gasteiger partial charge on any atom is 0.406 e. The Morgan fingerprint density at radius 1 is 1.63 bits per heavy atom. The number of nitro groups is 1. The molecule has 8 heteroatoms. The van der Waals surface area contributed by atoms with Crippen LogP contribution in [0.25, 0.3) is 0 Å². The van der Waals surface area contributed by atoms with E-state index in [0.717, 1.165) is 6.42 Å². The molecule has 1 unspecified atom stereocenters. The van der Waals surface area contributed by atoms with Gasteiger partial charge in [0.1, 0.15) is 0 Å². The van der Waals surface area contributed by atoms with E-state index in [2.05, 4.69) is 15.6 Å². The van der Waals surface area contributed by atoms with Crippen molar-refractivity contribution < 1.29 is 9.72 Å². The minimum atomic E-state index is -0.554. The minimum absolute atomic E-state index is 0.0772. The molecule has 0 aromatic carbocycles. The van der Waals surface area contributed by atoms with E-state index in [1.165, 1.54) is 10.9 Å². The van der Waals surface area contributed by atoms with E-state index in [0.29, 0.717) is 12.4 Å². The van der Waals surface area contributed by atoms with Crippen LogP contribution in [0.15, 0.2) is 6.33 Å². The zero-order chi connectivity index (χ0) is 14.4. The summed E-state index contributed by atoms with van der Waals surface area (Å²) < 4.78 is 1.52. The first kappa shape index (κ1) is 14.9. The van der Waals surface area contributed by atoms with E-state index in [1.807, 2.05) is 13.8 Å². The van der Waals surface area contributed by atoms with Gasteiger partial charge in [-0.25, -0.2) is 0 Å². The van der Waals surface area contributed by atoms with Gasteiger partial charge in [-0.1, -0.05) is 6.92 Å². The summed E-state index contributed by atoms with van der Waals surface area (Å²) >= 11 is 0. The smallest absolute Gasteiger partial charge is 0.364 e. The normalized spacial score (nSPS) is 11.9. The molecule has 8 nitrogen and oxygen atoms in total. The molecule has 19 heavy (non-hydrogen) atoms. The van der Waals surface area contributed by atoms with Crippen LogP contribution in [0.3, 0.4) is 0 Å². The lowest BCUT2D eigenvalue weighted by Crippen LogP contribution is -2.33. The lowest BCUT2D eigenvalue weighted by Gasteiger charge is -2.11. The van der Waals surface area contributed by atoms with Crippen molar-refractivity contribution in [3.8, 4) is 0 Å². The average Bonchev–Trinajstić information content (AvgIpc) is 2.71. The molecule has 1 aromatic rings. The molecule has 2 N–H and O–H groups in total. The molecular formula is C11H19N5O3. The van der Waals surface area contributed by atoms with Crippen molar-refractivity contribution in [2.24, 2.45) is 7.05 Å². The molecular weight excluding hydrogens is 250 g/mol. The summed E-state index contributed by atoms with van der Waals surface area (Å²) in [4.78, 5) is 25.4. The molecule has 0 saturated heterocycles. The fraction of sp³-hybridized carbons (Fsp3) is 0.636. The number of imidazole rings is 1. The Hall–Kier alpha value is -2.12. The van der Waals surface area contributed by atoms with Crippen molar-refractivity contribution in [2.75, 3.05) is 11.9 Å². The average molecular weight is 269 g/mol. The number of aromatic nitrogens is 2. The molecule has 106 valence electrons. The summed E-state index contributed by atoms with van der Waals surface area (Å²) in [5.41, 5.74) is 0. The lowest BCUT2D eigenvalue weighted by molar-refractivity contribution is -0.388. The second-order valence-corrected chi connectivity index (χ2v) is 4.34. The topological polar surface area (TPSA) is 102 Å². The highest BCUT2D eigenvalue weighted by Crippen LogP contribution is 2.20. The largest absolute Gasteiger partial charge is 0.406 e. The molecule has 0 aliphatic rings. The second kappa shape index (κ2) is 6.72. The van der Waals surface area contributed by atoms with Gasteiger partial charge in [0.15, 0.2) is 0 Å². The highest BCUT2D eigenvalue weighted by Gasteiger charge is 2.19. The molecule has 1 amide bonds. The van der Waals surface area contributed by atoms with Crippen molar-refractivity contribution in [1.82, 2.24) is 14.9 Å². The summed E-state index contributed by atoms with van der Waals surface area (Å²) in [7, 11) is 1.65. The van der Waals surface area contributed by atoms with Gasteiger partial charge in [-0.3, -0.25) is 9.36 Å². The Bertz CT molecular complexity index is 457. The molecule has 1 aromatic heterocycles. The zero-order valence-electron chi connectivity index (χ0n) is 11.3. The van der Waals surface area contributed by atoms with E-state index in [1.54, 1.807) is 7.05 Å². The van der Waals surface area contributed by atoms with Crippen LogP contribution < -0.4 is 10.6 Å². The maximum atomic E-state index is 11.5. The van der Waals surface area contributed by atoms with Gasteiger partial charge in [-0.15, -0.1) is 0 Å². The molecule has 0 bridgehead atoms. The molecule has 1 rings (SSSR count). The molecule has 0 saturated carbocycles. The zero-order valence-corrected chi connectivity index (χ0v) is 11.3. The first-order valence-electron chi connectivity index (χ1n) is 6.14. The quantitative estimate of drug-likeness (QED) is 0.569. The lowest BCUT2D eigenvalue weighted by atomic mass is 10.2. The van der Waals surface area contributed by atoms with Gasteiger partial charge >= 0.3 is 5.82 Å². The molecule has 0 spiro atoms. The first-order chi connectivity index (χ1) is 8.95. The number of hydrogen-bond donors (Lipinski definition) is 2. The van der Waals surface area contributed by atoms with Crippen LogP contribution in [-0.4, -0.2) is 33.0 Å². The number of carbonyl (C=O) groups excluding carboxylic acids is 1. The summed E-state index contributed by atoms with van der Waals surface area (Å²) in [6.45, 7) is 4.24. The monoisotopic (exact) mass is 269 g/mol. The van der Waals surface area contributed by atoms with Gasteiger partial charge in [0, 0.05) is 26.1 Å². The molecule has 0 fully saturated rings. The van der Waals surface area contributed by atoms with Crippen LogP contribution in [0.1, 0.15) is 26.7 Å². The highest BCUT2D eigenvalue weighted by molar-refractivity contribution is 5.76. The third-order valence-corrected chi connectivity index (χ3v) is 2.75. The number of carbonyl (C=O) groups is 1. The third kappa shape index (κ3) is 4.23. The first-order valence-corrected chi connectivity index (χ1v) is 6.14. The Morgan fingerprint density at radius 2 is 2.32 bits per heavy atom. The fourth-order valence-corrected chi connectivity index (χ4v) is 1.50. The number of rotatable bonds is 7. The Kier molecular flexibility index (Phi) is 5.28. The number of amides is 1. The van der Waals surface area contributed by atoms with E-state index in [4.69, 9.17) is 0 Å². The number of nitrogens with one attached hydrogen (secondary N) is 2. The van der Waals surface area contributed by atoms with E-state index < -0.39 is 4.92 Å². The van der Waals surface area contributed by atoms with Crippen LogP contribution >= 0.6 is 0 Å². The maximum absolute atomic E-state index is 11.5. The number of anilines is 1. The van der Waals surface area contributed by atoms with Crippen LogP contribution in [-0.2, 0) is 11.8 Å². The van der Waals surface area contributed by atoms with Gasteiger partial charge < -0.3 is 20.7 Å². The van der Waals surface area contributed by atoms with Crippen molar-refractivity contribution in [3.63, 3.8) is 0 Å². The number of hydrogen-bond acceptors (Lipinski definition) is 5. The molecule has 0 aliphatic carbocycles. The van der Waals surface area contributed by atoms with E-state index in [9.17, 15) is 14.9 Å². The van der Waals surface area contributed by atoms with Gasteiger partial charge in [0.25, 0.3) is 0 Å². The Morgan fingerprint density at radius 3 is 2.89 bits per heavy atom. The van der Waals surface area contributed by atoms with Crippen molar-refractivity contribution in [2.45, 2.75) is 32.7 Å². The molecule has 1 atom stereocenters. The number of nitrogens with zero attached hydrogens (tertiary/aromatic N) is 3. The van der Waals surface area contributed by atoms with Gasteiger partial charge in [-0.2, -0.15) is 0 Å². The summed E-state index contributed by atoms with van der Waals surface area (Å²) in [5.74, 6) is -0.00199. The molecule has 0 aliphatic heterocycles. The van der Waals surface area contributed by atoms with Gasteiger partial charge in [-0.05, 0) is 23.3 Å². The summed E-state index contributed by atoms with van der Waals surface area (Å²) in [5, 5.41) is 16.4.